The number of morpholine rings is 1. The molecule has 2 aromatic rings. The SMILES string of the molecule is CCOC(=O)c1sc(NC(=O)c2csc(CN3CCOCC3)n2)nc1C. The number of hydrogen-bond donors (Lipinski definition) is 1. The monoisotopic (exact) mass is 396 g/mol. The Bertz CT molecular complexity index is 783. The molecule has 1 N–H and O–H groups in total. The Hall–Kier alpha value is -1.88. The molecule has 0 unspecified atom stereocenters. The minimum absolute atomic E-state index is 0.294. The Labute approximate surface area is 159 Å². The maximum atomic E-state index is 12.4. The molecule has 0 aromatic carbocycles. The molecular formula is C16H20N4O4S2. The number of ether oxygens (including phenoxy) is 2. The van der Waals surface area contributed by atoms with Gasteiger partial charge in [-0.1, -0.05) is 11.3 Å². The molecule has 10 heteroatoms. The number of carbonyl (C=O) groups excluding carboxylic acids is 2. The number of thiazole rings is 2. The van der Waals surface area contributed by atoms with Crippen LogP contribution < -0.4 is 5.32 Å². The van der Waals surface area contributed by atoms with E-state index in [0.29, 0.717) is 34.5 Å². The van der Waals surface area contributed by atoms with Crippen LogP contribution in [0.2, 0.25) is 0 Å². The predicted molar refractivity (Wildman–Crippen MR) is 99.0 cm³/mol. The van der Waals surface area contributed by atoms with Crippen molar-refractivity contribution in [1.29, 1.82) is 0 Å². The number of rotatable bonds is 6. The van der Waals surface area contributed by atoms with E-state index in [4.69, 9.17) is 9.47 Å². The van der Waals surface area contributed by atoms with E-state index in [2.05, 4.69) is 20.2 Å². The van der Waals surface area contributed by atoms with Crippen molar-refractivity contribution in [3.8, 4) is 0 Å². The summed E-state index contributed by atoms with van der Waals surface area (Å²) in [6.07, 6.45) is 0. The molecule has 3 rings (SSSR count). The molecule has 8 nitrogen and oxygen atoms in total. The van der Waals surface area contributed by atoms with E-state index in [-0.39, 0.29) is 5.91 Å². The average molecular weight is 396 g/mol. The van der Waals surface area contributed by atoms with Gasteiger partial charge in [-0.2, -0.15) is 0 Å². The van der Waals surface area contributed by atoms with E-state index in [1.165, 1.54) is 11.3 Å². The Kier molecular flexibility index (Phi) is 6.30. The first-order valence-electron chi connectivity index (χ1n) is 8.27. The summed E-state index contributed by atoms with van der Waals surface area (Å²) in [5.74, 6) is -0.761. The van der Waals surface area contributed by atoms with Gasteiger partial charge in [0, 0.05) is 18.5 Å². The molecule has 2 aromatic heterocycles. The Morgan fingerprint density at radius 2 is 2.12 bits per heavy atom. The van der Waals surface area contributed by atoms with Crippen LogP contribution in [-0.4, -0.2) is 59.7 Å². The third-order valence-corrected chi connectivity index (χ3v) is 5.61. The van der Waals surface area contributed by atoms with Crippen LogP contribution >= 0.6 is 22.7 Å². The molecule has 26 heavy (non-hydrogen) atoms. The van der Waals surface area contributed by atoms with Crippen LogP contribution in [0.5, 0.6) is 0 Å². The first-order chi connectivity index (χ1) is 12.6. The molecule has 1 aliphatic heterocycles. The van der Waals surface area contributed by atoms with Crippen LogP contribution in [0.3, 0.4) is 0 Å². The molecule has 0 bridgehead atoms. The van der Waals surface area contributed by atoms with Gasteiger partial charge in [-0.15, -0.1) is 11.3 Å². The van der Waals surface area contributed by atoms with Gasteiger partial charge < -0.3 is 9.47 Å². The van der Waals surface area contributed by atoms with Crippen molar-refractivity contribution < 1.29 is 19.1 Å². The van der Waals surface area contributed by atoms with Gasteiger partial charge in [-0.3, -0.25) is 15.0 Å². The molecular weight excluding hydrogens is 376 g/mol. The summed E-state index contributed by atoms with van der Waals surface area (Å²) in [6.45, 7) is 7.66. The fourth-order valence-corrected chi connectivity index (χ4v) is 4.11. The van der Waals surface area contributed by atoms with E-state index in [0.717, 1.165) is 42.6 Å². The molecule has 3 heterocycles. The van der Waals surface area contributed by atoms with Crippen molar-refractivity contribution in [2.75, 3.05) is 38.2 Å². The van der Waals surface area contributed by atoms with Gasteiger partial charge in [0.05, 0.1) is 32.1 Å². The molecule has 1 amide bonds. The zero-order chi connectivity index (χ0) is 18.5. The topological polar surface area (TPSA) is 93.7 Å². The standard InChI is InChI=1S/C16H20N4O4S2/c1-3-24-15(22)13-10(2)17-16(26-13)19-14(21)11-9-25-12(18-11)8-20-4-6-23-7-5-20/h9H,3-8H2,1-2H3,(H,17,19,21). The quantitative estimate of drug-likeness (QED) is 0.748. The fraction of sp³-hybridized carbons (Fsp3) is 0.500. The van der Waals surface area contributed by atoms with Crippen LogP contribution in [0.15, 0.2) is 5.38 Å². The van der Waals surface area contributed by atoms with E-state index in [1.807, 2.05) is 0 Å². The molecule has 1 aliphatic rings. The highest BCUT2D eigenvalue weighted by Crippen LogP contribution is 2.24. The van der Waals surface area contributed by atoms with E-state index in [1.54, 1.807) is 19.2 Å². The van der Waals surface area contributed by atoms with Crippen molar-refractivity contribution >= 4 is 39.7 Å². The number of hydrogen-bond acceptors (Lipinski definition) is 9. The second-order valence-electron chi connectivity index (χ2n) is 5.62. The van der Waals surface area contributed by atoms with Crippen molar-refractivity contribution in [3.05, 3.63) is 26.7 Å². The van der Waals surface area contributed by atoms with Crippen molar-refractivity contribution in [2.45, 2.75) is 20.4 Å². The summed E-state index contributed by atoms with van der Waals surface area (Å²) in [7, 11) is 0. The van der Waals surface area contributed by atoms with Crippen LogP contribution in [0.4, 0.5) is 5.13 Å². The normalized spacial score (nSPS) is 15.0. The van der Waals surface area contributed by atoms with Crippen molar-refractivity contribution in [1.82, 2.24) is 14.9 Å². The molecule has 0 atom stereocenters. The van der Waals surface area contributed by atoms with Gasteiger partial charge in [0.25, 0.3) is 5.91 Å². The number of amides is 1. The highest BCUT2D eigenvalue weighted by molar-refractivity contribution is 7.17. The second-order valence-corrected chi connectivity index (χ2v) is 7.56. The number of nitrogens with one attached hydrogen (secondary N) is 1. The van der Waals surface area contributed by atoms with Crippen molar-refractivity contribution in [3.63, 3.8) is 0 Å². The van der Waals surface area contributed by atoms with Crippen LogP contribution in [0.25, 0.3) is 0 Å². The van der Waals surface area contributed by atoms with E-state index < -0.39 is 5.97 Å². The smallest absolute Gasteiger partial charge is 0.350 e. The molecule has 0 spiro atoms. The average Bonchev–Trinajstić information content (AvgIpc) is 3.23. The van der Waals surface area contributed by atoms with Gasteiger partial charge in [0.2, 0.25) is 0 Å². The van der Waals surface area contributed by atoms with Gasteiger partial charge in [-0.25, -0.2) is 14.8 Å². The first-order valence-corrected chi connectivity index (χ1v) is 9.97. The Morgan fingerprint density at radius 3 is 2.85 bits per heavy atom. The van der Waals surface area contributed by atoms with Crippen molar-refractivity contribution in [2.24, 2.45) is 0 Å². The highest BCUT2D eigenvalue weighted by atomic mass is 32.1. The Morgan fingerprint density at radius 1 is 1.35 bits per heavy atom. The van der Waals surface area contributed by atoms with Crippen LogP contribution in [0, 0.1) is 6.92 Å². The summed E-state index contributed by atoms with van der Waals surface area (Å²) >= 11 is 2.56. The van der Waals surface area contributed by atoms with E-state index in [9.17, 15) is 9.59 Å². The number of esters is 1. The minimum Gasteiger partial charge on any atom is -0.462 e. The number of aryl methyl sites for hydroxylation is 1. The summed E-state index contributed by atoms with van der Waals surface area (Å²) in [5, 5.41) is 5.69. The maximum Gasteiger partial charge on any atom is 0.350 e. The van der Waals surface area contributed by atoms with Gasteiger partial charge in [-0.05, 0) is 13.8 Å². The summed E-state index contributed by atoms with van der Waals surface area (Å²) < 4.78 is 10.3. The zero-order valence-corrected chi connectivity index (χ0v) is 16.2. The van der Waals surface area contributed by atoms with Gasteiger partial charge in [0.1, 0.15) is 15.6 Å². The van der Waals surface area contributed by atoms with E-state index >= 15 is 0 Å². The van der Waals surface area contributed by atoms with Gasteiger partial charge in [0.15, 0.2) is 5.13 Å². The number of carbonyl (C=O) groups is 2. The molecule has 0 radical (unpaired) electrons. The number of anilines is 1. The lowest BCUT2D eigenvalue weighted by molar-refractivity contribution is 0.0341. The van der Waals surface area contributed by atoms with Gasteiger partial charge >= 0.3 is 5.97 Å². The molecule has 1 fully saturated rings. The molecule has 0 saturated carbocycles. The molecule has 0 aliphatic carbocycles. The lowest BCUT2D eigenvalue weighted by atomic mass is 10.4. The third-order valence-electron chi connectivity index (χ3n) is 3.72. The minimum atomic E-state index is -0.426. The summed E-state index contributed by atoms with van der Waals surface area (Å²) in [6, 6.07) is 0. The maximum absolute atomic E-state index is 12.4. The Balaban J connectivity index is 1.61. The second kappa shape index (κ2) is 8.67. The first kappa shape index (κ1) is 18.9. The zero-order valence-electron chi connectivity index (χ0n) is 14.6. The lowest BCUT2D eigenvalue weighted by Gasteiger charge is -2.25. The molecule has 1 saturated heterocycles. The number of nitrogens with zero attached hydrogens (tertiary/aromatic N) is 3. The largest absolute Gasteiger partial charge is 0.462 e. The van der Waals surface area contributed by atoms with Crippen LogP contribution in [-0.2, 0) is 16.0 Å². The van der Waals surface area contributed by atoms with Crippen LogP contribution in [0.1, 0.15) is 37.8 Å². The fourth-order valence-electron chi connectivity index (χ4n) is 2.44. The number of aromatic nitrogens is 2. The predicted octanol–water partition coefficient (Wildman–Crippen LogP) is 2.17. The summed E-state index contributed by atoms with van der Waals surface area (Å²) in [4.78, 5) is 35.5. The third kappa shape index (κ3) is 4.64. The molecule has 140 valence electrons. The summed E-state index contributed by atoms with van der Waals surface area (Å²) in [5.41, 5.74) is 0.888. The lowest BCUT2D eigenvalue weighted by Crippen LogP contribution is -2.35. The highest BCUT2D eigenvalue weighted by Gasteiger charge is 2.19.